The number of rotatable bonds is 9. The van der Waals surface area contributed by atoms with Gasteiger partial charge in [-0.25, -0.2) is 9.78 Å². The number of thiazole rings is 1. The second kappa shape index (κ2) is 8.92. The van der Waals surface area contributed by atoms with E-state index >= 15 is 0 Å². The zero-order valence-corrected chi connectivity index (χ0v) is 18.5. The number of nitrogens with zero attached hydrogens (tertiary/aromatic N) is 2. The van der Waals surface area contributed by atoms with Gasteiger partial charge in [-0.1, -0.05) is 32.5 Å². The molecule has 6 nitrogen and oxygen atoms in total. The highest BCUT2D eigenvalue weighted by Crippen LogP contribution is 2.28. The molecule has 0 aromatic carbocycles. The molecule has 1 aromatic rings. The molecule has 1 saturated heterocycles. The monoisotopic (exact) mass is 413 g/mol. The lowest BCUT2D eigenvalue weighted by Crippen LogP contribution is -2.49. The lowest BCUT2D eigenvalue weighted by Gasteiger charge is -2.35. The van der Waals surface area contributed by atoms with Crippen molar-refractivity contribution in [1.29, 1.82) is 0 Å². The van der Waals surface area contributed by atoms with Crippen LogP contribution in [-0.4, -0.2) is 57.3 Å². The maximum Gasteiger partial charge on any atom is 0.355 e. The minimum absolute atomic E-state index is 0.0262. The van der Waals surface area contributed by atoms with Crippen molar-refractivity contribution >= 4 is 35.0 Å². The molecule has 1 aliphatic rings. The Morgan fingerprint density at radius 3 is 2.70 bits per heavy atom. The summed E-state index contributed by atoms with van der Waals surface area (Å²) in [5.74, 6) is -0.0709. The van der Waals surface area contributed by atoms with Crippen LogP contribution in [-0.2, 0) is 4.79 Å². The molecule has 1 aliphatic heterocycles. The van der Waals surface area contributed by atoms with E-state index in [-0.39, 0.29) is 28.6 Å². The van der Waals surface area contributed by atoms with E-state index in [9.17, 15) is 9.59 Å². The average molecular weight is 414 g/mol. The van der Waals surface area contributed by atoms with E-state index in [1.807, 2.05) is 4.90 Å². The Balaban J connectivity index is 1.83. The van der Waals surface area contributed by atoms with Crippen LogP contribution in [0.5, 0.6) is 0 Å². The Kier molecular flexibility index (Phi) is 7.33. The zero-order chi connectivity index (χ0) is 20.2. The summed E-state index contributed by atoms with van der Waals surface area (Å²) >= 11 is 2.85. The Morgan fingerprint density at radius 2 is 2.11 bits per heavy atom. The highest BCUT2D eigenvalue weighted by molar-refractivity contribution is 8.01. The van der Waals surface area contributed by atoms with Gasteiger partial charge in [-0.3, -0.25) is 4.79 Å². The molecule has 1 aromatic heterocycles. The summed E-state index contributed by atoms with van der Waals surface area (Å²) in [6.45, 7) is 12.6. The smallest absolute Gasteiger partial charge is 0.355 e. The van der Waals surface area contributed by atoms with Crippen LogP contribution < -0.4 is 5.32 Å². The number of hydrogen-bond donors (Lipinski definition) is 2. The van der Waals surface area contributed by atoms with Crippen molar-refractivity contribution in [2.24, 2.45) is 5.41 Å². The highest BCUT2D eigenvalue weighted by atomic mass is 32.2. The van der Waals surface area contributed by atoms with Crippen LogP contribution >= 0.6 is 23.1 Å². The van der Waals surface area contributed by atoms with Crippen LogP contribution in [0.2, 0.25) is 0 Å². The third-order valence-electron chi connectivity index (χ3n) is 4.50. The Bertz CT molecular complexity index is 667. The summed E-state index contributed by atoms with van der Waals surface area (Å²) in [7, 11) is 0. The first-order chi connectivity index (χ1) is 12.5. The van der Waals surface area contributed by atoms with Crippen LogP contribution in [0.15, 0.2) is 9.72 Å². The number of aromatic carboxylic acids is 1. The van der Waals surface area contributed by atoms with Crippen molar-refractivity contribution in [3.63, 3.8) is 0 Å². The molecule has 0 aliphatic carbocycles. The number of carbonyl (C=O) groups is 2. The lowest BCUT2D eigenvalue weighted by atomic mass is 9.81. The minimum Gasteiger partial charge on any atom is -0.476 e. The fraction of sp³-hybridized carbons (Fsp3) is 0.737. The number of hydrogen-bond acceptors (Lipinski definition) is 6. The molecule has 1 fully saturated rings. The van der Waals surface area contributed by atoms with E-state index in [1.165, 1.54) is 23.1 Å². The maximum absolute atomic E-state index is 12.3. The molecule has 0 spiro atoms. The normalized spacial score (nSPS) is 18.3. The summed E-state index contributed by atoms with van der Waals surface area (Å²) in [4.78, 5) is 29.2. The average Bonchev–Trinajstić information content (AvgIpc) is 3.11. The number of thioether (sulfide) groups is 1. The van der Waals surface area contributed by atoms with Crippen molar-refractivity contribution in [1.82, 2.24) is 15.2 Å². The molecule has 1 atom stereocenters. The molecule has 8 heteroatoms. The number of carboxylic acids is 1. The van der Waals surface area contributed by atoms with Crippen molar-refractivity contribution in [3.05, 3.63) is 11.1 Å². The Hall–Kier alpha value is -1.12. The maximum atomic E-state index is 12.3. The predicted molar refractivity (Wildman–Crippen MR) is 111 cm³/mol. The zero-order valence-electron chi connectivity index (χ0n) is 16.9. The molecule has 2 heterocycles. The van der Waals surface area contributed by atoms with Gasteiger partial charge < -0.3 is 15.3 Å². The second-order valence-electron chi connectivity index (χ2n) is 8.93. The molecule has 0 saturated carbocycles. The summed E-state index contributed by atoms with van der Waals surface area (Å²) in [6, 6.07) is 0.225. The van der Waals surface area contributed by atoms with Crippen molar-refractivity contribution in [2.45, 2.75) is 69.8 Å². The Morgan fingerprint density at radius 1 is 1.41 bits per heavy atom. The topological polar surface area (TPSA) is 82.5 Å². The molecule has 27 heavy (non-hydrogen) atoms. The van der Waals surface area contributed by atoms with Gasteiger partial charge in [-0.15, -0.1) is 11.3 Å². The molecular formula is C19H31N3O3S2. The van der Waals surface area contributed by atoms with E-state index in [0.717, 1.165) is 29.5 Å². The fourth-order valence-corrected chi connectivity index (χ4v) is 5.56. The fourth-order valence-electron chi connectivity index (χ4n) is 3.75. The van der Waals surface area contributed by atoms with Gasteiger partial charge in [0.25, 0.3) is 0 Å². The third-order valence-corrected chi connectivity index (χ3v) is 6.50. The standard InChI is InChI=1S/C19H31N3O3S2/c1-18(2,3)12-19(4,5)20-10-13-6-7-15(23)22(13)8-9-26-17-21-14(11-27-17)16(24)25/h11,13,20H,6-10,12H2,1-5H3,(H,24,25)/t13-/m1/s1. The van der Waals surface area contributed by atoms with Gasteiger partial charge >= 0.3 is 5.97 Å². The molecular weight excluding hydrogens is 382 g/mol. The largest absolute Gasteiger partial charge is 0.476 e. The van der Waals surface area contributed by atoms with Gasteiger partial charge in [0.1, 0.15) is 0 Å². The molecule has 2 rings (SSSR count). The molecule has 0 bridgehead atoms. The summed E-state index contributed by atoms with van der Waals surface area (Å²) < 4.78 is 0.736. The van der Waals surface area contributed by atoms with E-state index < -0.39 is 5.97 Å². The van der Waals surface area contributed by atoms with Crippen LogP contribution in [0.1, 0.15) is 64.4 Å². The van der Waals surface area contributed by atoms with Gasteiger partial charge in [0.05, 0.1) is 0 Å². The Labute approximate surface area is 170 Å². The van der Waals surface area contributed by atoms with Gasteiger partial charge in [-0.2, -0.15) is 0 Å². The van der Waals surface area contributed by atoms with Crippen LogP contribution in [0.4, 0.5) is 0 Å². The molecule has 0 unspecified atom stereocenters. The molecule has 0 radical (unpaired) electrons. The highest BCUT2D eigenvalue weighted by Gasteiger charge is 2.32. The molecule has 1 amide bonds. The van der Waals surface area contributed by atoms with Crippen LogP contribution in [0.25, 0.3) is 0 Å². The lowest BCUT2D eigenvalue weighted by molar-refractivity contribution is -0.128. The second-order valence-corrected chi connectivity index (χ2v) is 11.1. The first kappa shape index (κ1) is 22.2. The van der Waals surface area contributed by atoms with Gasteiger partial charge in [-0.05, 0) is 32.1 Å². The quantitative estimate of drug-likeness (QED) is 0.600. The van der Waals surface area contributed by atoms with Crippen molar-refractivity contribution in [3.8, 4) is 0 Å². The van der Waals surface area contributed by atoms with Crippen molar-refractivity contribution < 1.29 is 14.7 Å². The minimum atomic E-state index is -1.00. The number of carbonyl (C=O) groups excluding carboxylic acids is 1. The summed E-state index contributed by atoms with van der Waals surface area (Å²) in [6.07, 6.45) is 2.56. The third kappa shape index (κ3) is 7.08. The van der Waals surface area contributed by atoms with E-state index in [0.29, 0.717) is 13.0 Å². The number of carboxylic acid groups (broad SMARTS) is 1. The van der Waals surface area contributed by atoms with E-state index in [1.54, 1.807) is 5.38 Å². The summed E-state index contributed by atoms with van der Waals surface area (Å²) in [5, 5.41) is 14.1. The van der Waals surface area contributed by atoms with E-state index in [4.69, 9.17) is 5.11 Å². The molecule has 152 valence electrons. The predicted octanol–water partition coefficient (Wildman–Crippen LogP) is 3.73. The van der Waals surface area contributed by atoms with Crippen molar-refractivity contribution in [2.75, 3.05) is 18.8 Å². The van der Waals surface area contributed by atoms with Gasteiger partial charge in [0, 0.05) is 42.2 Å². The first-order valence-electron chi connectivity index (χ1n) is 9.33. The molecule has 2 N–H and O–H groups in total. The number of nitrogens with one attached hydrogen (secondary N) is 1. The SMILES string of the molecule is CC(C)(C)CC(C)(C)NC[C@H]1CCC(=O)N1CCSc1nc(C(=O)O)cs1. The number of likely N-dealkylation sites (tertiary alicyclic amines) is 1. The number of aromatic nitrogens is 1. The van der Waals surface area contributed by atoms with Crippen LogP contribution in [0, 0.1) is 5.41 Å². The van der Waals surface area contributed by atoms with Gasteiger partial charge in [0.15, 0.2) is 10.0 Å². The number of amides is 1. The van der Waals surface area contributed by atoms with E-state index in [2.05, 4.69) is 44.9 Å². The van der Waals surface area contributed by atoms with Crippen LogP contribution in [0.3, 0.4) is 0 Å². The first-order valence-corrected chi connectivity index (χ1v) is 11.2. The van der Waals surface area contributed by atoms with Gasteiger partial charge in [0.2, 0.25) is 5.91 Å². The summed E-state index contributed by atoms with van der Waals surface area (Å²) in [5.41, 5.74) is 0.363.